The van der Waals surface area contributed by atoms with E-state index >= 15 is 0 Å². The molecular formula is C17H23N3O2S. The Morgan fingerprint density at radius 2 is 2.43 bits per heavy atom. The summed E-state index contributed by atoms with van der Waals surface area (Å²) in [5, 5.41) is 2.15. The molecule has 6 heteroatoms. The van der Waals surface area contributed by atoms with Crippen LogP contribution in [0.25, 0.3) is 0 Å². The van der Waals surface area contributed by atoms with Gasteiger partial charge in [-0.05, 0) is 17.9 Å². The molecule has 2 aromatic heterocycles. The van der Waals surface area contributed by atoms with E-state index in [1.54, 1.807) is 0 Å². The third-order valence-electron chi connectivity index (χ3n) is 4.70. The normalized spacial score (nSPS) is 29.1. The van der Waals surface area contributed by atoms with E-state index in [1.165, 1.54) is 4.88 Å². The van der Waals surface area contributed by atoms with E-state index in [9.17, 15) is 0 Å². The molecule has 2 aliphatic rings. The number of hydrogen-bond acceptors (Lipinski definition) is 5. The first-order chi connectivity index (χ1) is 11.3. The zero-order valence-electron chi connectivity index (χ0n) is 13.3. The fraction of sp³-hybridized carbons (Fsp3) is 0.588. The van der Waals surface area contributed by atoms with Crippen LogP contribution in [0, 0.1) is 5.92 Å². The van der Waals surface area contributed by atoms with Gasteiger partial charge in [0.1, 0.15) is 5.60 Å². The minimum Gasteiger partial charge on any atom is -0.377 e. The maximum Gasteiger partial charge on any atom is 0.104 e. The average Bonchev–Trinajstić information content (AvgIpc) is 3.25. The summed E-state index contributed by atoms with van der Waals surface area (Å²) in [4.78, 5) is 8.02. The molecule has 2 fully saturated rings. The average molecular weight is 333 g/mol. The zero-order valence-corrected chi connectivity index (χ0v) is 14.1. The fourth-order valence-electron chi connectivity index (χ4n) is 3.70. The highest BCUT2D eigenvalue weighted by molar-refractivity contribution is 7.09. The van der Waals surface area contributed by atoms with Gasteiger partial charge in [-0.2, -0.15) is 0 Å². The van der Waals surface area contributed by atoms with Crippen molar-refractivity contribution in [3.8, 4) is 0 Å². The van der Waals surface area contributed by atoms with Crippen LogP contribution < -0.4 is 0 Å². The van der Waals surface area contributed by atoms with Gasteiger partial charge in [0.15, 0.2) is 0 Å². The number of rotatable bonds is 4. The Labute approximate surface area is 140 Å². The predicted molar refractivity (Wildman–Crippen MR) is 89.4 cm³/mol. The summed E-state index contributed by atoms with van der Waals surface area (Å²) in [5.41, 5.74) is -0.140. The van der Waals surface area contributed by atoms with Gasteiger partial charge < -0.3 is 14.0 Å². The first kappa shape index (κ1) is 15.3. The van der Waals surface area contributed by atoms with Crippen molar-refractivity contribution in [1.82, 2.24) is 14.5 Å². The lowest BCUT2D eigenvalue weighted by molar-refractivity contribution is -0.0562. The number of hydrogen-bond donors (Lipinski definition) is 0. The molecule has 0 aromatic carbocycles. The molecule has 0 radical (unpaired) electrons. The zero-order chi connectivity index (χ0) is 15.5. The van der Waals surface area contributed by atoms with Crippen LogP contribution in [-0.4, -0.2) is 53.0 Å². The van der Waals surface area contributed by atoms with Crippen LogP contribution in [0.5, 0.6) is 0 Å². The van der Waals surface area contributed by atoms with Crippen molar-refractivity contribution >= 4 is 11.3 Å². The first-order valence-corrected chi connectivity index (χ1v) is 9.11. The molecule has 0 saturated carbocycles. The van der Waals surface area contributed by atoms with Crippen LogP contribution in [0.2, 0.25) is 0 Å². The molecule has 0 N–H and O–H groups in total. The number of thiophene rings is 1. The van der Waals surface area contributed by atoms with E-state index in [2.05, 4.69) is 32.0 Å². The minimum absolute atomic E-state index is 0.140. The van der Waals surface area contributed by atoms with Gasteiger partial charge in [-0.15, -0.1) is 11.3 Å². The van der Waals surface area contributed by atoms with E-state index < -0.39 is 0 Å². The number of nitrogens with zero attached hydrogens (tertiary/aromatic N) is 3. The summed E-state index contributed by atoms with van der Waals surface area (Å²) < 4.78 is 14.3. The molecule has 0 aliphatic carbocycles. The largest absolute Gasteiger partial charge is 0.377 e. The quantitative estimate of drug-likeness (QED) is 0.860. The van der Waals surface area contributed by atoms with Crippen molar-refractivity contribution in [3.05, 3.63) is 41.1 Å². The monoisotopic (exact) mass is 333 g/mol. The summed E-state index contributed by atoms with van der Waals surface area (Å²) in [6, 6.07) is 4.33. The van der Waals surface area contributed by atoms with Gasteiger partial charge in [0.2, 0.25) is 0 Å². The second-order valence-corrected chi connectivity index (χ2v) is 7.70. The van der Waals surface area contributed by atoms with Crippen molar-refractivity contribution in [2.45, 2.75) is 25.1 Å². The van der Waals surface area contributed by atoms with Gasteiger partial charge in [-0.1, -0.05) is 6.07 Å². The lowest BCUT2D eigenvalue weighted by Crippen LogP contribution is -2.43. The molecule has 1 spiro atoms. The van der Waals surface area contributed by atoms with Crippen molar-refractivity contribution < 1.29 is 9.47 Å². The van der Waals surface area contributed by atoms with Crippen molar-refractivity contribution in [2.75, 3.05) is 32.9 Å². The predicted octanol–water partition coefficient (Wildman–Crippen LogP) is 2.25. The van der Waals surface area contributed by atoms with Gasteiger partial charge in [-0.3, -0.25) is 4.90 Å². The molecule has 5 nitrogen and oxygen atoms in total. The molecule has 23 heavy (non-hydrogen) atoms. The topological polar surface area (TPSA) is 39.5 Å². The van der Waals surface area contributed by atoms with Crippen LogP contribution in [0.1, 0.15) is 11.3 Å². The molecular weight excluding hydrogens is 310 g/mol. The Bertz CT molecular complexity index is 601. The molecule has 2 saturated heterocycles. The maximum atomic E-state index is 6.28. The van der Waals surface area contributed by atoms with Crippen LogP contribution in [0.3, 0.4) is 0 Å². The van der Waals surface area contributed by atoms with Gasteiger partial charge >= 0.3 is 0 Å². The molecule has 0 unspecified atom stereocenters. The van der Waals surface area contributed by atoms with E-state index in [4.69, 9.17) is 9.47 Å². The molecule has 0 bridgehead atoms. The van der Waals surface area contributed by atoms with Gasteiger partial charge in [0, 0.05) is 49.4 Å². The van der Waals surface area contributed by atoms with Crippen molar-refractivity contribution in [2.24, 2.45) is 5.92 Å². The summed E-state index contributed by atoms with van der Waals surface area (Å²) in [6.07, 6.45) is 6.81. The number of imidazole rings is 1. The van der Waals surface area contributed by atoms with E-state index in [0.29, 0.717) is 12.5 Å². The summed E-state index contributed by atoms with van der Waals surface area (Å²) in [6.45, 7) is 6.25. The molecule has 0 amide bonds. The Morgan fingerprint density at radius 3 is 3.26 bits per heavy atom. The van der Waals surface area contributed by atoms with Gasteiger partial charge in [-0.25, -0.2) is 4.98 Å². The Hall–Kier alpha value is -1.21. The van der Waals surface area contributed by atoms with Crippen LogP contribution in [0.4, 0.5) is 0 Å². The fourth-order valence-corrected chi connectivity index (χ4v) is 4.45. The Morgan fingerprint density at radius 1 is 1.43 bits per heavy atom. The van der Waals surface area contributed by atoms with Crippen molar-refractivity contribution in [3.63, 3.8) is 0 Å². The molecule has 2 aliphatic heterocycles. The first-order valence-electron chi connectivity index (χ1n) is 8.24. The Balaban J connectivity index is 1.40. The molecule has 4 rings (SSSR count). The molecule has 2 atom stereocenters. The maximum absolute atomic E-state index is 6.28. The van der Waals surface area contributed by atoms with E-state index in [1.807, 2.05) is 30.1 Å². The standard InChI is InChI=1S/C17H23N3O2S/c1-2-16(23-7-1)10-19-5-6-21-13-17(12-19)8-15(11-22-17)9-20-4-3-18-14-20/h1-4,7,14-15H,5-6,8-13H2/t15-,17+/m1/s1. The van der Waals surface area contributed by atoms with Crippen LogP contribution >= 0.6 is 11.3 Å². The second kappa shape index (κ2) is 6.73. The third-order valence-corrected chi connectivity index (χ3v) is 5.56. The summed E-state index contributed by atoms with van der Waals surface area (Å²) in [7, 11) is 0. The Kier molecular flexibility index (Phi) is 4.48. The third kappa shape index (κ3) is 3.66. The summed E-state index contributed by atoms with van der Waals surface area (Å²) in [5.74, 6) is 0.537. The minimum atomic E-state index is -0.140. The van der Waals surface area contributed by atoms with Gasteiger partial charge in [0.25, 0.3) is 0 Å². The second-order valence-electron chi connectivity index (χ2n) is 6.67. The smallest absolute Gasteiger partial charge is 0.104 e. The summed E-state index contributed by atoms with van der Waals surface area (Å²) >= 11 is 1.82. The van der Waals surface area contributed by atoms with E-state index in [-0.39, 0.29) is 5.60 Å². The molecule has 4 heterocycles. The highest BCUT2D eigenvalue weighted by Gasteiger charge is 2.43. The molecule has 2 aromatic rings. The number of aromatic nitrogens is 2. The van der Waals surface area contributed by atoms with Crippen molar-refractivity contribution in [1.29, 1.82) is 0 Å². The lowest BCUT2D eigenvalue weighted by atomic mass is 9.94. The van der Waals surface area contributed by atoms with E-state index in [0.717, 1.165) is 45.8 Å². The highest BCUT2D eigenvalue weighted by atomic mass is 32.1. The highest BCUT2D eigenvalue weighted by Crippen LogP contribution is 2.34. The number of ether oxygens (including phenoxy) is 2. The SMILES string of the molecule is c1csc(CN2CCOC[C@]3(C[C@H](Cn4ccnc4)CO3)C2)c1. The molecule has 124 valence electrons. The van der Waals surface area contributed by atoms with Crippen LogP contribution in [0.15, 0.2) is 36.2 Å². The van der Waals surface area contributed by atoms with Crippen LogP contribution in [-0.2, 0) is 22.6 Å². The lowest BCUT2D eigenvalue weighted by Gasteiger charge is -2.31. The van der Waals surface area contributed by atoms with Gasteiger partial charge in [0.05, 0.1) is 26.1 Å².